The molecular weight excluding hydrogens is 200 g/mol. The molecule has 1 N–H and O–H groups in total. The second kappa shape index (κ2) is 5.66. The van der Waals surface area contributed by atoms with Crippen LogP contribution in [0.3, 0.4) is 0 Å². The summed E-state index contributed by atoms with van der Waals surface area (Å²) in [4.78, 5) is 0. The van der Waals surface area contributed by atoms with E-state index in [1.807, 2.05) is 31.2 Å². The molecule has 0 heterocycles. The monoisotopic (exact) mass is 215 g/mol. The summed E-state index contributed by atoms with van der Waals surface area (Å²) in [7, 11) is 1.58. The van der Waals surface area contributed by atoms with Crippen molar-refractivity contribution in [1.82, 2.24) is 5.32 Å². The molecule has 0 radical (unpaired) electrons. The highest BCUT2D eigenvalue weighted by Crippen LogP contribution is 2.18. The van der Waals surface area contributed by atoms with E-state index in [1.165, 1.54) is 0 Å². The highest BCUT2D eigenvalue weighted by molar-refractivity contribution is 5.30. The average Bonchev–Trinajstić information content (AvgIpc) is 2.26. The lowest BCUT2D eigenvalue weighted by Crippen LogP contribution is -2.24. The van der Waals surface area contributed by atoms with Crippen molar-refractivity contribution in [2.75, 3.05) is 13.7 Å². The van der Waals surface area contributed by atoms with Crippen molar-refractivity contribution in [3.63, 3.8) is 0 Å². The molecule has 0 aliphatic carbocycles. The summed E-state index contributed by atoms with van der Waals surface area (Å²) < 4.78 is 29.0. The van der Waals surface area contributed by atoms with Crippen LogP contribution in [0.2, 0.25) is 0 Å². The van der Waals surface area contributed by atoms with E-state index in [4.69, 9.17) is 4.74 Å². The number of alkyl halides is 2. The zero-order valence-electron chi connectivity index (χ0n) is 8.84. The van der Waals surface area contributed by atoms with Gasteiger partial charge >= 0.3 is 0 Å². The van der Waals surface area contributed by atoms with Gasteiger partial charge in [0.1, 0.15) is 5.75 Å². The molecule has 0 saturated carbocycles. The third-order valence-corrected chi connectivity index (χ3v) is 2.17. The fraction of sp³-hybridized carbons (Fsp3) is 0.455. The Labute approximate surface area is 88.3 Å². The van der Waals surface area contributed by atoms with Crippen molar-refractivity contribution >= 4 is 0 Å². The predicted molar refractivity (Wildman–Crippen MR) is 55.4 cm³/mol. The Bertz CT molecular complexity index is 304. The van der Waals surface area contributed by atoms with Crippen LogP contribution in [0.4, 0.5) is 8.78 Å². The first kappa shape index (κ1) is 11.9. The van der Waals surface area contributed by atoms with Crippen LogP contribution in [0, 0.1) is 0 Å². The number of nitrogens with one attached hydrogen (secondary N) is 1. The van der Waals surface area contributed by atoms with Crippen LogP contribution in [0.15, 0.2) is 24.3 Å². The minimum absolute atomic E-state index is 0.103. The Balaban J connectivity index is 2.60. The maximum absolute atomic E-state index is 12.0. The Morgan fingerprint density at radius 1 is 1.40 bits per heavy atom. The highest BCUT2D eigenvalue weighted by Gasteiger charge is 2.08. The number of benzene rings is 1. The van der Waals surface area contributed by atoms with Crippen molar-refractivity contribution in [2.45, 2.75) is 19.4 Å². The predicted octanol–water partition coefficient (Wildman–Crippen LogP) is 2.61. The second-order valence-electron chi connectivity index (χ2n) is 3.30. The van der Waals surface area contributed by atoms with Gasteiger partial charge in [-0.1, -0.05) is 12.1 Å². The summed E-state index contributed by atoms with van der Waals surface area (Å²) in [5, 5.41) is 2.74. The Hall–Kier alpha value is -1.16. The number of hydrogen-bond acceptors (Lipinski definition) is 2. The van der Waals surface area contributed by atoms with Gasteiger partial charge in [0.2, 0.25) is 0 Å². The molecule has 4 heteroatoms. The normalized spacial score (nSPS) is 12.9. The van der Waals surface area contributed by atoms with Crippen LogP contribution in [-0.4, -0.2) is 20.1 Å². The summed E-state index contributed by atoms with van der Waals surface area (Å²) in [5.41, 5.74) is 0.940. The van der Waals surface area contributed by atoms with Gasteiger partial charge in [-0.05, 0) is 24.6 Å². The fourth-order valence-electron chi connectivity index (χ4n) is 1.29. The van der Waals surface area contributed by atoms with Crippen LogP contribution in [0.25, 0.3) is 0 Å². The van der Waals surface area contributed by atoms with Crippen LogP contribution in [0.5, 0.6) is 5.75 Å². The number of ether oxygens (including phenoxy) is 1. The lowest BCUT2D eigenvalue weighted by Gasteiger charge is -2.14. The number of rotatable bonds is 5. The smallest absolute Gasteiger partial charge is 0.250 e. The second-order valence-corrected chi connectivity index (χ2v) is 3.30. The Kier molecular flexibility index (Phi) is 4.49. The molecule has 2 nitrogen and oxygen atoms in total. The van der Waals surface area contributed by atoms with E-state index in [2.05, 4.69) is 5.32 Å². The van der Waals surface area contributed by atoms with Gasteiger partial charge in [-0.15, -0.1) is 0 Å². The van der Waals surface area contributed by atoms with Gasteiger partial charge in [-0.2, -0.15) is 0 Å². The summed E-state index contributed by atoms with van der Waals surface area (Å²) >= 11 is 0. The SMILES string of the molecule is COc1cccc(C(C)NCC(F)F)c1. The topological polar surface area (TPSA) is 21.3 Å². The van der Waals surface area contributed by atoms with E-state index in [9.17, 15) is 8.78 Å². The summed E-state index contributed by atoms with van der Waals surface area (Å²) in [6.07, 6.45) is -2.32. The molecule has 0 bridgehead atoms. The first-order chi connectivity index (χ1) is 7.13. The Morgan fingerprint density at radius 3 is 2.73 bits per heavy atom. The van der Waals surface area contributed by atoms with Gasteiger partial charge in [0.25, 0.3) is 6.43 Å². The van der Waals surface area contributed by atoms with E-state index in [0.717, 1.165) is 11.3 Å². The van der Waals surface area contributed by atoms with Gasteiger partial charge in [0.15, 0.2) is 0 Å². The number of methoxy groups -OCH3 is 1. The van der Waals surface area contributed by atoms with Crippen LogP contribution in [0.1, 0.15) is 18.5 Å². The molecule has 0 saturated heterocycles. The average molecular weight is 215 g/mol. The van der Waals surface area contributed by atoms with E-state index >= 15 is 0 Å². The van der Waals surface area contributed by atoms with Crippen molar-refractivity contribution in [1.29, 1.82) is 0 Å². The van der Waals surface area contributed by atoms with E-state index < -0.39 is 6.43 Å². The maximum atomic E-state index is 12.0. The molecule has 1 atom stereocenters. The van der Waals surface area contributed by atoms with Crippen LogP contribution < -0.4 is 10.1 Å². The molecule has 15 heavy (non-hydrogen) atoms. The third-order valence-electron chi connectivity index (χ3n) is 2.17. The molecule has 0 amide bonds. The molecule has 84 valence electrons. The molecule has 0 aromatic heterocycles. The van der Waals surface area contributed by atoms with Crippen molar-refractivity contribution in [3.8, 4) is 5.75 Å². The van der Waals surface area contributed by atoms with Gasteiger partial charge in [-0.25, -0.2) is 8.78 Å². The molecular formula is C11H15F2NO. The highest BCUT2D eigenvalue weighted by atomic mass is 19.3. The molecule has 0 spiro atoms. The summed E-state index contributed by atoms with van der Waals surface area (Å²) in [6, 6.07) is 7.28. The molecule has 0 aliphatic heterocycles. The van der Waals surface area contributed by atoms with E-state index in [1.54, 1.807) is 7.11 Å². The van der Waals surface area contributed by atoms with Crippen molar-refractivity contribution in [2.24, 2.45) is 0 Å². The Morgan fingerprint density at radius 2 is 2.13 bits per heavy atom. The standard InChI is InChI=1S/C11H15F2NO/c1-8(14-7-11(12)13)9-4-3-5-10(6-9)15-2/h3-6,8,11,14H,7H2,1-2H3. The maximum Gasteiger partial charge on any atom is 0.250 e. The van der Waals surface area contributed by atoms with Gasteiger partial charge in [0, 0.05) is 6.04 Å². The molecule has 1 aromatic carbocycles. The van der Waals surface area contributed by atoms with Crippen molar-refractivity contribution < 1.29 is 13.5 Å². The zero-order chi connectivity index (χ0) is 11.3. The van der Waals surface area contributed by atoms with Gasteiger partial charge in [-0.3, -0.25) is 0 Å². The summed E-state index contributed by atoms with van der Waals surface area (Å²) in [5.74, 6) is 0.734. The van der Waals surface area contributed by atoms with Gasteiger partial charge < -0.3 is 10.1 Å². The minimum Gasteiger partial charge on any atom is -0.497 e. The van der Waals surface area contributed by atoms with Crippen LogP contribution >= 0.6 is 0 Å². The van der Waals surface area contributed by atoms with Crippen LogP contribution in [-0.2, 0) is 0 Å². The molecule has 0 fully saturated rings. The number of hydrogen-bond donors (Lipinski definition) is 1. The lowest BCUT2D eigenvalue weighted by atomic mass is 10.1. The van der Waals surface area contributed by atoms with Crippen molar-refractivity contribution in [3.05, 3.63) is 29.8 Å². The van der Waals surface area contributed by atoms with E-state index in [-0.39, 0.29) is 12.6 Å². The molecule has 1 unspecified atom stereocenters. The van der Waals surface area contributed by atoms with Gasteiger partial charge in [0.05, 0.1) is 13.7 Å². The zero-order valence-corrected chi connectivity index (χ0v) is 8.84. The third kappa shape index (κ3) is 3.83. The largest absolute Gasteiger partial charge is 0.497 e. The molecule has 1 aromatic rings. The first-order valence-electron chi connectivity index (χ1n) is 4.79. The number of halogens is 2. The summed E-state index contributed by atoms with van der Waals surface area (Å²) in [6.45, 7) is 1.55. The van der Waals surface area contributed by atoms with E-state index in [0.29, 0.717) is 0 Å². The quantitative estimate of drug-likeness (QED) is 0.815. The molecule has 0 aliphatic rings. The first-order valence-corrected chi connectivity index (χ1v) is 4.79. The lowest BCUT2D eigenvalue weighted by molar-refractivity contribution is 0.142. The fourth-order valence-corrected chi connectivity index (χ4v) is 1.29. The minimum atomic E-state index is -2.32. The molecule has 1 rings (SSSR count).